The topological polar surface area (TPSA) is 0 Å². The zero-order valence-electron chi connectivity index (χ0n) is 4.54. The monoisotopic (exact) mass is 236 g/mol. The van der Waals surface area contributed by atoms with Crippen LogP contribution in [0.25, 0.3) is 0 Å². The standard InChI is InChI=1S/C6H6Br2/c1-3-5(2)4-6(5,7)8/h1H,4H2,2H3. The molecule has 2 heteroatoms. The maximum Gasteiger partial charge on any atom is 0.0983 e. The van der Waals surface area contributed by atoms with Crippen molar-refractivity contribution in [2.24, 2.45) is 5.41 Å². The van der Waals surface area contributed by atoms with E-state index in [0.717, 1.165) is 6.42 Å². The summed E-state index contributed by atoms with van der Waals surface area (Å²) in [4.78, 5) is 0. The summed E-state index contributed by atoms with van der Waals surface area (Å²) in [5.74, 6) is 2.71. The second-order valence-electron chi connectivity index (χ2n) is 2.36. The van der Waals surface area contributed by atoms with E-state index >= 15 is 0 Å². The van der Waals surface area contributed by atoms with Gasteiger partial charge < -0.3 is 0 Å². The van der Waals surface area contributed by atoms with Crippen LogP contribution in [-0.2, 0) is 0 Å². The number of hydrogen-bond donors (Lipinski definition) is 0. The highest BCUT2D eigenvalue weighted by Crippen LogP contribution is 2.65. The second-order valence-corrected chi connectivity index (χ2v) is 6.13. The van der Waals surface area contributed by atoms with Crippen molar-refractivity contribution >= 4 is 31.9 Å². The maximum absolute atomic E-state index is 5.23. The average Bonchev–Trinajstić information content (AvgIpc) is 2.10. The molecule has 0 aliphatic heterocycles. The van der Waals surface area contributed by atoms with Gasteiger partial charge in [-0.3, -0.25) is 0 Å². The summed E-state index contributed by atoms with van der Waals surface area (Å²) in [6.07, 6.45) is 6.26. The molecule has 0 saturated heterocycles. The highest BCUT2D eigenvalue weighted by molar-refractivity contribution is 9.25. The fraction of sp³-hybridized carbons (Fsp3) is 0.667. The molecule has 1 atom stereocenters. The van der Waals surface area contributed by atoms with Crippen LogP contribution in [0.5, 0.6) is 0 Å². The van der Waals surface area contributed by atoms with Gasteiger partial charge in [0, 0.05) is 0 Å². The highest BCUT2D eigenvalue weighted by Gasteiger charge is 2.60. The Kier molecular flexibility index (Phi) is 1.26. The zero-order valence-corrected chi connectivity index (χ0v) is 7.71. The molecule has 0 nitrogen and oxygen atoms in total. The van der Waals surface area contributed by atoms with Gasteiger partial charge in [-0.25, -0.2) is 0 Å². The van der Waals surface area contributed by atoms with Crippen LogP contribution >= 0.6 is 31.9 Å². The summed E-state index contributed by atoms with van der Waals surface area (Å²) >= 11 is 6.89. The second kappa shape index (κ2) is 1.52. The summed E-state index contributed by atoms with van der Waals surface area (Å²) in [6.45, 7) is 2.05. The van der Waals surface area contributed by atoms with Gasteiger partial charge in [0.2, 0.25) is 0 Å². The third kappa shape index (κ3) is 0.728. The number of hydrogen-bond acceptors (Lipinski definition) is 0. The molecular weight excluding hydrogens is 232 g/mol. The van der Waals surface area contributed by atoms with Crippen molar-refractivity contribution in [3.63, 3.8) is 0 Å². The molecule has 1 aliphatic carbocycles. The van der Waals surface area contributed by atoms with E-state index < -0.39 is 0 Å². The molecule has 0 aromatic heterocycles. The zero-order chi connectivity index (χ0) is 6.41. The molecule has 0 radical (unpaired) electrons. The molecule has 44 valence electrons. The fourth-order valence-corrected chi connectivity index (χ4v) is 1.91. The van der Waals surface area contributed by atoms with Crippen LogP contribution in [0.3, 0.4) is 0 Å². The van der Waals surface area contributed by atoms with Crippen LogP contribution in [0.1, 0.15) is 13.3 Å². The highest BCUT2D eigenvalue weighted by atomic mass is 79.9. The first-order valence-corrected chi connectivity index (χ1v) is 3.96. The van der Waals surface area contributed by atoms with Gasteiger partial charge in [0.05, 0.1) is 8.65 Å². The molecule has 1 fully saturated rings. The minimum atomic E-state index is 0.0434. The molecule has 0 N–H and O–H groups in total. The SMILES string of the molecule is C#CC1(C)CC1(Br)Br. The third-order valence-corrected chi connectivity index (χ3v) is 3.89. The van der Waals surface area contributed by atoms with Crippen molar-refractivity contribution in [1.82, 2.24) is 0 Å². The normalized spacial score (nSPS) is 40.8. The lowest BCUT2D eigenvalue weighted by atomic mass is 10.2. The molecule has 0 heterocycles. The first-order chi connectivity index (χ1) is 3.52. The van der Waals surface area contributed by atoms with E-state index in [2.05, 4.69) is 44.7 Å². The lowest BCUT2D eigenvalue weighted by Crippen LogP contribution is -1.97. The van der Waals surface area contributed by atoms with E-state index in [1.165, 1.54) is 0 Å². The molecule has 8 heavy (non-hydrogen) atoms. The van der Waals surface area contributed by atoms with Crippen molar-refractivity contribution in [1.29, 1.82) is 0 Å². The van der Waals surface area contributed by atoms with E-state index in [-0.39, 0.29) is 8.65 Å². The lowest BCUT2D eigenvalue weighted by Gasteiger charge is -1.99. The van der Waals surface area contributed by atoms with E-state index in [4.69, 9.17) is 6.42 Å². The fourth-order valence-electron chi connectivity index (χ4n) is 0.556. The minimum Gasteiger partial charge on any atom is -0.119 e. The largest absolute Gasteiger partial charge is 0.119 e. The predicted molar refractivity (Wildman–Crippen MR) is 42.1 cm³/mol. The predicted octanol–water partition coefficient (Wildman–Crippen LogP) is 2.52. The van der Waals surface area contributed by atoms with Gasteiger partial charge in [0.1, 0.15) is 0 Å². The molecule has 0 spiro atoms. The van der Waals surface area contributed by atoms with Gasteiger partial charge in [-0.2, -0.15) is 0 Å². The summed E-state index contributed by atoms with van der Waals surface area (Å²) in [5, 5.41) is 0. The number of halogens is 2. The Morgan fingerprint density at radius 2 is 2.00 bits per heavy atom. The smallest absolute Gasteiger partial charge is 0.0983 e. The maximum atomic E-state index is 5.23. The van der Waals surface area contributed by atoms with Crippen LogP contribution < -0.4 is 0 Å². The van der Waals surface area contributed by atoms with E-state index in [1.54, 1.807) is 0 Å². The van der Waals surface area contributed by atoms with Crippen molar-refractivity contribution in [3.8, 4) is 12.3 Å². The van der Waals surface area contributed by atoms with E-state index in [0.29, 0.717) is 0 Å². The summed E-state index contributed by atoms with van der Waals surface area (Å²) in [6, 6.07) is 0. The van der Waals surface area contributed by atoms with Gasteiger partial charge >= 0.3 is 0 Å². The van der Waals surface area contributed by atoms with Crippen LogP contribution in [0.15, 0.2) is 0 Å². The minimum absolute atomic E-state index is 0.0434. The summed E-state index contributed by atoms with van der Waals surface area (Å²) in [7, 11) is 0. The first kappa shape index (κ1) is 6.64. The van der Waals surface area contributed by atoms with Gasteiger partial charge in [0.25, 0.3) is 0 Å². The Labute approximate surface area is 66.3 Å². The van der Waals surface area contributed by atoms with E-state index in [1.807, 2.05) is 0 Å². The van der Waals surface area contributed by atoms with Crippen LogP contribution in [0.4, 0.5) is 0 Å². The Bertz CT molecular complexity index is 154. The Morgan fingerprint density at radius 3 is 2.00 bits per heavy atom. The molecule has 0 aromatic carbocycles. The molecule has 1 saturated carbocycles. The van der Waals surface area contributed by atoms with Crippen molar-refractivity contribution < 1.29 is 0 Å². The van der Waals surface area contributed by atoms with Crippen LogP contribution in [-0.4, -0.2) is 3.23 Å². The van der Waals surface area contributed by atoms with Gasteiger partial charge in [-0.15, -0.1) is 6.42 Å². The Hall–Kier alpha value is 0.520. The van der Waals surface area contributed by atoms with E-state index in [9.17, 15) is 0 Å². The number of rotatable bonds is 0. The molecule has 1 aliphatic rings. The van der Waals surface area contributed by atoms with Crippen LogP contribution in [0.2, 0.25) is 0 Å². The lowest BCUT2D eigenvalue weighted by molar-refractivity contribution is 0.782. The summed E-state index contributed by atoms with van der Waals surface area (Å²) in [5.41, 5.74) is 0.0486. The molecule has 0 aromatic rings. The quantitative estimate of drug-likeness (QED) is 0.449. The molecule has 0 bridgehead atoms. The molecule has 1 rings (SSSR count). The number of alkyl halides is 2. The molecule has 1 unspecified atom stereocenters. The molecular formula is C6H6Br2. The van der Waals surface area contributed by atoms with Crippen LogP contribution in [0, 0.1) is 17.8 Å². The molecule has 0 amide bonds. The van der Waals surface area contributed by atoms with Crippen molar-refractivity contribution in [3.05, 3.63) is 0 Å². The Morgan fingerprint density at radius 1 is 1.62 bits per heavy atom. The summed E-state index contributed by atoms with van der Waals surface area (Å²) < 4.78 is 0.0434. The van der Waals surface area contributed by atoms with Gasteiger partial charge in [-0.1, -0.05) is 37.8 Å². The van der Waals surface area contributed by atoms with Crippen molar-refractivity contribution in [2.45, 2.75) is 16.6 Å². The number of terminal acetylenes is 1. The van der Waals surface area contributed by atoms with Gasteiger partial charge in [0.15, 0.2) is 0 Å². The third-order valence-electron chi connectivity index (χ3n) is 1.58. The first-order valence-electron chi connectivity index (χ1n) is 2.37. The van der Waals surface area contributed by atoms with Crippen molar-refractivity contribution in [2.75, 3.05) is 0 Å². The average molecular weight is 238 g/mol. The van der Waals surface area contributed by atoms with Gasteiger partial charge in [-0.05, 0) is 13.3 Å². The Balaban J connectivity index is 2.72.